The zero-order valence-corrected chi connectivity index (χ0v) is 11.5. The summed E-state index contributed by atoms with van der Waals surface area (Å²) >= 11 is 0. The van der Waals surface area contributed by atoms with Crippen molar-refractivity contribution in [2.45, 2.75) is 19.6 Å². The van der Waals surface area contributed by atoms with Crippen LogP contribution in [0.3, 0.4) is 0 Å². The molecule has 0 amide bonds. The Labute approximate surface area is 114 Å². The second-order valence-corrected chi connectivity index (χ2v) is 4.97. The second kappa shape index (κ2) is 7.55. The van der Waals surface area contributed by atoms with Crippen molar-refractivity contribution in [3.8, 4) is 0 Å². The van der Waals surface area contributed by atoms with Crippen LogP contribution in [0.25, 0.3) is 0 Å². The number of morpholine rings is 1. The third-order valence-corrected chi connectivity index (χ3v) is 3.20. The maximum atomic E-state index is 9.97. The number of hydrogen-bond acceptors (Lipinski definition) is 5. The van der Waals surface area contributed by atoms with Crippen molar-refractivity contribution in [1.29, 1.82) is 0 Å². The molecule has 0 spiro atoms. The molecule has 5 nitrogen and oxygen atoms in total. The van der Waals surface area contributed by atoms with Gasteiger partial charge in [-0.1, -0.05) is 6.07 Å². The Morgan fingerprint density at radius 3 is 2.95 bits per heavy atom. The van der Waals surface area contributed by atoms with Crippen LogP contribution >= 0.6 is 0 Å². The lowest BCUT2D eigenvalue weighted by Gasteiger charge is -2.28. The van der Waals surface area contributed by atoms with Gasteiger partial charge in [0, 0.05) is 38.4 Å². The molecule has 1 aliphatic heterocycles. The van der Waals surface area contributed by atoms with Gasteiger partial charge in [0.15, 0.2) is 0 Å². The smallest absolute Gasteiger partial charge is 0.0791 e. The molecule has 5 heteroatoms. The molecule has 1 aromatic heterocycles. The minimum absolute atomic E-state index is 0.345. The van der Waals surface area contributed by atoms with Gasteiger partial charge < -0.3 is 15.2 Å². The average Bonchev–Trinajstić information content (AvgIpc) is 2.40. The number of aromatic nitrogens is 1. The number of rotatable bonds is 6. The van der Waals surface area contributed by atoms with Crippen molar-refractivity contribution >= 4 is 0 Å². The van der Waals surface area contributed by atoms with E-state index in [9.17, 15) is 5.11 Å². The van der Waals surface area contributed by atoms with Gasteiger partial charge in [0.2, 0.25) is 0 Å². The second-order valence-electron chi connectivity index (χ2n) is 4.97. The predicted molar refractivity (Wildman–Crippen MR) is 73.9 cm³/mol. The zero-order chi connectivity index (χ0) is 13.5. The van der Waals surface area contributed by atoms with Gasteiger partial charge in [-0.05, 0) is 19.1 Å². The Morgan fingerprint density at radius 1 is 1.42 bits per heavy atom. The molecule has 1 unspecified atom stereocenters. The van der Waals surface area contributed by atoms with Crippen LogP contribution in [0.2, 0.25) is 0 Å². The molecule has 0 radical (unpaired) electrons. The molecule has 1 fully saturated rings. The van der Waals surface area contributed by atoms with E-state index < -0.39 is 0 Å². The molecule has 1 aromatic rings. The highest BCUT2D eigenvalue weighted by molar-refractivity contribution is 5.09. The van der Waals surface area contributed by atoms with Crippen LogP contribution in [-0.2, 0) is 11.3 Å². The van der Waals surface area contributed by atoms with Gasteiger partial charge in [-0.25, -0.2) is 0 Å². The van der Waals surface area contributed by atoms with Gasteiger partial charge in [-0.2, -0.15) is 0 Å². The summed E-state index contributed by atoms with van der Waals surface area (Å²) in [5, 5.41) is 13.2. The van der Waals surface area contributed by atoms with Crippen LogP contribution in [0.15, 0.2) is 18.2 Å². The number of aliphatic hydroxyl groups excluding tert-OH is 1. The fourth-order valence-corrected chi connectivity index (χ4v) is 2.21. The highest BCUT2D eigenvalue weighted by Crippen LogP contribution is 2.00. The molecule has 0 saturated carbocycles. The summed E-state index contributed by atoms with van der Waals surface area (Å²) in [6.45, 7) is 7.34. The van der Waals surface area contributed by atoms with Gasteiger partial charge in [-0.15, -0.1) is 0 Å². The summed E-state index contributed by atoms with van der Waals surface area (Å²) in [6.07, 6.45) is -0.345. The lowest BCUT2D eigenvalue weighted by molar-refractivity contribution is 0.0149. The molecule has 2 rings (SSSR count). The van der Waals surface area contributed by atoms with Crippen molar-refractivity contribution in [3.05, 3.63) is 29.6 Å². The summed E-state index contributed by atoms with van der Waals surface area (Å²) in [7, 11) is 0. The maximum absolute atomic E-state index is 9.97. The molecular formula is C14H23N3O2. The van der Waals surface area contributed by atoms with Crippen molar-refractivity contribution < 1.29 is 9.84 Å². The van der Waals surface area contributed by atoms with Gasteiger partial charge in [-0.3, -0.25) is 9.88 Å². The first-order valence-corrected chi connectivity index (χ1v) is 6.85. The van der Waals surface area contributed by atoms with Crippen molar-refractivity contribution in [2.24, 2.45) is 0 Å². The molecule has 19 heavy (non-hydrogen) atoms. The van der Waals surface area contributed by atoms with Crippen LogP contribution in [0.1, 0.15) is 11.4 Å². The van der Waals surface area contributed by atoms with Crippen LogP contribution in [0.5, 0.6) is 0 Å². The molecule has 0 aliphatic carbocycles. The number of aliphatic hydroxyl groups is 1. The van der Waals surface area contributed by atoms with Gasteiger partial charge in [0.05, 0.1) is 25.0 Å². The standard InChI is InChI=1S/C14H23N3O2/c1-12-3-2-4-13(16-12)9-15-10-14(18)11-17-5-7-19-8-6-17/h2-4,14-15,18H,5-11H2,1H3. The topological polar surface area (TPSA) is 57.6 Å². The fourth-order valence-electron chi connectivity index (χ4n) is 2.21. The number of aryl methyl sites for hydroxylation is 1. The molecule has 0 bridgehead atoms. The number of ether oxygens (including phenoxy) is 1. The molecule has 2 N–H and O–H groups in total. The van der Waals surface area contributed by atoms with E-state index in [2.05, 4.69) is 15.2 Å². The zero-order valence-electron chi connectivity index (χ0n) is 11.5. The maximum Gasteiger partial charge on any atom is 0.0791 e. The Hall–Kier alpha value is -1.01. The van der Waals surface area contributed by atoms with E-state index in [4.69, 9.17) is 4.74 Å². The van der Waals surface area contributed by atoms with Crippen molar-refractivity contribution in [1.82, 2.24) is 15.2 Å². The summed E-state index contributed by atoms with van der Waals surface area (Å²) in [5.41, 5.74) is 2.03. The van der Waals surface area contributed by atoms with E-state index in [1.807, 2.05) is 25.1 Å². The molecule has 106 valence electrons. The van der Waals surface area contributed by atoms with E-state index in [1.165, 1.54) is 0 Å². The summed E-state index contributed by atoms with van der Waals surface area (Å²) in [6, 6.07) is 5.98. The number of pyridine rings is 1. The van der Waals surface area contributed by atoms with Crippen LogP contribution in [0, 0.1) is 6.92 Å². The lowest BCUT2D eigenvalue weighted by Crippen LogP contribution is -2.43. The first kappa shape index (κ1) is 14.4. The number of nitrogens with zero attached hydrogens (tertiary/aromatic N) is 2. The minimum Gasteiger partial charge on any atom is -0.390 e. The van der Waals surface area contributed by atoms with Crippen LogP contribution < -0.4 is 5.32 Å². The average molecular weight is 265 g/mol. The minimum atomic E-state index is -0.345. The molecule has 1 aliphatic rings. The van der Waals surface area contributed by atoms with Crippen molar-refractivity contribution in [2.75, 3.05) is 39.4 Å². The quantitative estimate of drug-likeness (QED) is 0.768. The Morgan fingerprint density at radius 2 is 2.21 bits per heavy atom. The number of nitrogens with one attached hydrogen (secondary N) is 1. The first-order valence-electron chi connectivity index (χ1n) is 6.85. The largest absolute Gasteiger partial charge is 0.390 e. The van der Waals surface area contributed by atoms with Gasteiger partial charge >= 0.3 is 0 Å². The lowest BCUT2D eigenvalue weighted by atomic mass is 10.2. The van der Waals surface area contributed by atoms with E-state index in [-0.39, 0.29) is 6.10 Å². The molecule has 1 atom stereocenters. The third-order valence-electron chi connectivity index (χ3n) is 3.20. The van der Waals surface area contributed by atoms with E-state index in [0.29, 0.717) is 19.6 Å². The Balaban J connectivity index is 1.64. The predicted octanol–water partition coefficient (Wildman–Crippen LogP) is 0.173. The molecular weight excluding hydrogens is 242 g/mol. The molecule has 0 aromatic carbocycles. The Kier molecular flexibility index (Phi) is 5.72. The fraction of sp³-hybridized carbons (Fsp3) is 0.643. The number of β-amino-alcohol motifs (C(OH)–C–C–N with tert-alkyl or cyclic N) is 1. The van der Waals surface area contributed by atoms with Crippen LogP contribution in [-0.4, -0.2) is 60.5 Å². The van der Waals surface area contributed by atoms with E-state index in [1.54, 1.807) is 0 Å². The summed E-state index contributed by atoms with van der Waals surface area (Å²) in [5.74, 6) is 0. The van der Waals surface area contributed by atoms with Gasteiger partial charge in [0.1, 0.15) is 0 Å². The van der Waals surface area contributed by atoms with Crippen LogP contribution in [0.4, 0.5) is 0 Å². The number of hydrogen-bond donors (Lipinski definition) is 2. The van der Waals surface area contributed by atoms with E-state index >= 15 is 0 Å². The van der Waals surface area contributed by atoms with Crippen molar-refractivity contribution in [3.63, 3.8) is 0 Å². The summed E-state index contributed by atoms with van der Waals surface area (Å²) in [4.78, 5) is 6.65. The van der Waals surface area contributed by atoms with Gasteiger partial charge in [0.25, 0.3) is 0 Å². The highest BCUT2D eigenvalue weighted by atomic mass is 16.5. The SMILES string of the molecule is Cc1cccc(CNCC(O)CN2CCOCC2)n1. The molecule has 1 saturated heterocycles. The highest BCUT2D eigenvalue weighted by Gasteiger charge is 2.14. The normalized spacial score (nSPS) is 18.4. The summed E-state index contributed by atoms with van der Waals surface area (Å²) < 4.78 is 5.28. The Bertz CT molecular complexity index is 381. The monoisotopic (exact) mass is 265 g/mol. The molecule has 2 heterocycles. The van der Waals surface area contributed by atoms with E-state index in [0.717, 1.165) is 37.7 Å². The third kappa shape index (κ3) is 5.24. The first-order chi connectivity index (χ1) is 9.24.